The van der Waals surface area contributed by atoms with E-state index in [0.717, 1.165) is 50.1 Å². The minimum atomic E-state index is 0.686. The van der Waals surface area contributed by atoms with E-state index in [4.69, 9.17) is 0 Å². The number of H-pyrrole nitrogens is 2. The van der Waals surface area contributed by atoms with Crippen molar-refractivity contribution < 1.29 is 0 Å². The molecule has 0 aliphatic rings. The van der Waals surface area contributed by atoms with E-state index >= 15 is 0 Å². The molecule has 0 bridgehead atoms. The Bertz CT molecular complexity index is 1570. The summed E-state index contributed by atoms with van der Waals surface area (Å²) in [6.45, 7) is 4.19. The van der Waals surface area contributed by atoms with Crippen LogP contribution in [0.2, 0.25) is 0 Å². The Morgan fingerprint density at radius 1 is 0.903 bits per heavy atom. The van der Waals surface area contributed by atoms with Gasteiger partial charge in [0.15, 0.2) is 5.65 Å². The van der Waals surface area contributed by atoms with Gasteiger partial charge < -0.3 is 4.98 Å². The van der Waals surface area contributed by atoms with E-state index in [2.05, 4.69) is 68.2 Å². The number of hydrogen-bond donors (Lipinski definition) is 2. The molecule has 0 saturated heterocycles. The fourth-order valence-electron chi connectivity index (χ4n) is 3.97. The molecular weight excluding hydrogens is 404 g/mol. The Morgan fingerprint density at radius 2 is 1.84 bits per heavy atom. The van der Waals surface area contributed by atoms with Gasteiger partial charge in [-0.3, -0.25) is 15.1 Å². The first-order valence-electron chi connectivity index (χ1n) is 9.97. The smallest absolute Gasteiger partial charge is 0.181 e. The second-order valence-corrected chi connectivity index (χ2v) is 8.89. The number of aromatic amines is 2. The van der Waals surface area contributed by atoms with E-state index in [0.29, 0.717) is 5.65 Å². The third kappa shape index (κ3) is 2.93. The lowest BCUT2D eigenvalue weighted by atomic mass is 10.0. The lowest BCUT2D eigenvalue weighted by molar-refractivity contribution is 1.10. The molecule has 6 aromatic rings. The van der Waals surface area contributed by atoms with Crippen molar-refractivity contribution in [2.45, 2.75) is 13.8 Å². The molecule has 0 spiro atoms. The topological polar surface area (TPSA) is 83.1 Å². The molecule has 6 nitrogen and oxygen atoms in total. The van der Waals surface area contributed by atoms with Gasteiger partial charge in [-0.15, -0.1) is 11.3 Å². The summed E-state index contributed by atoms with van der Waals surface area (Å²) >= 11 is 1.75. The molecule has 0 aromatic carbocycles. The molecule has 150 valence electrons. The van der Waals surface area contributed by atoms with E-state index in [1.54, 1.807) is 17.5 Å². The van der Waals surface area contributed by atoms with E-state index in [-0.39, 0.29) is 0 Å². The third-order valence-corrected chi connectivity index (χ3v) is 6.56. The van der Waals surface area contributed by atoms with Crippen LogP contribution in [0.1, 0.15) is 10.4 Å². The molecule has 0 atom stereocenters. The number of pyridine rings is 3. The van der Waals surface area contributed by atoms with Crippen LogP contribution in [0.4, 0.5) is 0 Å². The lowest BCUT2D eigenvalue weighted by Gasteiger charge is -2.04. The maximum Gasteiger partial charge on any atom is 0.181 e. The number of hydrogen-bond acceptors (Lipinski definition) is 5. The monoisotopic (exact) mass is 422 g/mol. The molecule has 0 unspecified atom stereocenters. The number of thiophene rings is 1. The summed E-state index contributed by atoms with van der Waals surface area (Å²) in [5, 5.41) is 9.65. The molecule has 31 heavy (non-hydrogen) atoms. The number of fused-ring (bicyclic) bond motifs is 2. The summed E-state index contributed by atoms with van der Waals surface area (Å²) in [5.41, 5.74) is 7.85. The number of nitrogens with zero attached hydrogens (tertiary/aromatic N) is 4. The van der Waals surface area contributed by atoms with E-state index in [9.17, 15) is 0 Å². The highest BCUT2D eigenvalue weighted by Gasteiger charge is 2.16. The van der Waals surface area contributed by atoms with Gasteiger partial charge in [0.05, 0.1) is 22.0 Å². The van der Waals surface area contributed by atoms with Crippen molar-refractivity contribution in [1.82, 2.24) is 30.1 Å². The van der Waals surface area contributed by atoms with Crippen molar-refractivity contribution >= 4 is 33.3 Å². The molecule has 0 saturated carbocycles. The quantitative estimate of drug-likeness (QED) is 0.371. The van der Waals surface area contributed by atoms with Gasteiger partial charge in [-0.1, -0.05) is 0 Å². The highest BCUT2D eigenvalue weighted by Crippen LogP contribution is 2.36. The Labute approximate surface area is 182 Å². The predicted octanol–water partition coefficient (Wildman–Crippen LogP) is 5.91. The van der Waals surface area contributed by atoms with Crippen LogP contribution in [0, 0.1) is 13.8 Å². The highest BCUT2D eigenvalue weighted by molar-refractivity contribution is 7.15. The minimum absolute atomic E-state index is 0.686. The standard InChI is InChI=1S/C24H18N6S/c1-13-5-7-25-12-18(13)15-9-17-22(29-30-24(17)27-11-15)20-10-16-19(28-20)6-8-26-23(16)21-4-3-14(2)31-21/h3-12,28H,1-2H3,(H,27,29,30). The van der Waals surface area contributed by atoms with Crippen molar-refractivity contribution in [2.75, 3.05) is 0 Å². The van der Waals surface area contributed by atoms with Gasteiger partial charge in [0, 0.05) is 57.1 Å². The van der Waals surface area contributed by atoms with Gasteiger partial charge in [-0.05, 0) is 55.8 Å². The van der Waals surface area contributed by atoms with E-state index < -0.39 is 0 Å². The Balaban J connectivity index is 1.52. The van der Waals surface area contributed by atoms with Crippen LogP contribution in [0.15, 0.2) is 61.2 Å². The maximum atomic E-state index is 4.66. The largest absolute Gasteiger partial charge is 0.353 e. The van der Waals surface area contributed by atoms with Crippen LogP contribution >= 0.6 is 11.3 Å². The van der Waals surface area contributed by atoms with Crippen molar-refractivity contribution in [3.8, 4) is 33.1 Å². The Hall–Kier alpha value is -3.84. The van der Waals surface area contributed by atoms with Gasteiger partial charge >= 0.3 is 0 Å². The zero-order valence-electron chi connectivity index (χ0n) is 17.0. The van der Waals surface area contributed by atoms with Gasteiger partial charge in [0.2, 0.25) is 0 Å². The summed E-state index contributed by atoms with van der Waals surface area (Å²) in [6, 6.07) is 12.5. The van der Waals surface area contributed by atoms with Crippen LogP contribution in [0.3, 0.4) is 0 Å². The maximum absolute atomic E-state index is 4.66. The zero-order chi connectivity index (χ0) is 20.9. The van der Waals surface area contributed by atoms with Crippen molar-refractivity contribution in [3.63, 3.8) is 0 Å². The predicted molar refractivity (Wildman–Crippen MR) is 125 cm³/mol. The normalized spacial score (nSPS) is 11.5. The van der Waals surface area contributed by atoms with Crippen LogP contribution < -0.4 is 0 Å². The second-order valence-electron chi connectivity index (χ2n) is 7.60. The highest BCUT2D eigenvalue weighted by atomic mass is 32.1. The first kappa shape index (κ1) is 18.0. The molecule has 7 heteroatoms. The molecule has 6 rings (SSSR count). The van der Waals surface area contributed by atoms with Gasteiger partial charge in [-0.2, -0.15) is 5.10 Å². The Morgan fingerprint density at radius 3 is 2.68 bits per heavy atom. The molecule has 0 radical (unpaired) electrons. The van der Waals surface area contributed by atoms with Crippen LogP contribution in [-0.2, 0) is 0 Å². The van der Waals surface area contributed by atoms with Gasteiger partial charge in [0.25, 0.3) is 0 Å². The number of nitrogens with one attached hydrogen (secondary N) is 2. The molecule has 0 aliphatic carbocycles. The van der Waals surface area contributed by atoms with Crippen molar-refractivity contribution in [3.05, 3.63) is 71.6 Å². The summed E-state index contributed by atoms with van der Waals surface area (Å²) in [5.74, 6) is 0. The third-order valence-electron chi connectivity index (χ3n) is 5.55. The molecule has 0 fully saturated rings. The lowest BCUT2D eigenvalue weighted by Crippen LogP contribution is -1.87. The van der Waals surface area contributed by atoms with Crippen LogP contribution in [0.25, 0.3) is 55.0 Å². The number of aromatic nitrogens is 6. The fourth-order valence-corrected chi connectivity index (χ4v) is 4.84. The SMILES string of the molecule is Cc1ccc(-c2nccc3[nH]c(-c4[nH]nc5ncc(-c6cnccc6C)cc45)cc23)s1. The van der Waals surface area contributed by atoms with E-state index in [1.807, 2.05) is 30.7 Å². The molecule has 6 heterocycles. The summed E-state index contributed by atoms with van der Waals surface area (Å²) in [7, 11) is 0. The van der Waals surface area contributed by atoms with Gasteiger partial charge in [-0.25, -0.2) is 4.98 Å². The minimum Gasteiger partial charge on any atom is -0.353 e. The number of rotatable bonds is 3. The zero-order valence-corrected chi connectivity index (χ0v) is 17.8. The first-order valence-corrected chi connectivity index (χ1v) is 10.8. The summed E-state index contributed by atoms with van der Waals surface area (Å²) < 4.78 is 0. The molecule has 6 aromatic heterocycles. The van der Waals surface area contributed by atoms with Crippen molar-refractivity contribution in [1.29, 1.82) is 0 Å². The number of aryl methyl sites for hydroxylation is 2. The van der Waals surface area contributed by atoms with Crippen molar-refractivity contribution in [2.24, 2.45) is 0 Å². The fraction of sp³-hybridized carbons (Fsp3) is 0.0833. The van der Waals surface area contributed by atoms with Crippen LogP contribution in [-0.4, -0.2) is 30.1 Å². The first-order chi connectivity index (χ1) is 15.2. The Kier molecular flexibility index (Phi) is 3.97. The molecular formula is C24H18N6S. The average Bonchev–Trinajstić information content (AvgIpc) is 3.50. The second kappa shape index (κ2) is 6.85. The molecule has 2 N–H and O–H groups in total. The van der Waals surface area contributed by atoms with Crippen LogP contribution in [0.5, 0.6) is 0 Å². The van der Waals surface area contributed by atoms with E-state index in [1.165, 1.54) is 9.75 Å². The molecule has 0 amide bonds. The molecule has 0 aliphatic heterocycles. The summed E-state index contributed by atoms with van der Waals surface area (Å²) in [6.07, 6.45) is 7.38. The summed E-state index contributed by atoms with van der Waals surface area (Å²) in [4.78, 5) is 19.5. The average molecular weight is 423 g/mol. The van der Waals surface area contributed by atoms with Gasteiger partial charge in [0.1, 0.15) is 0 Å².